The zero-order valence-corrected chi connectivity index (χ0v) is 18.7. The third kappa shape index (κ3) is 5.27. The summed E-state index contributed by atoms with van der Waals surface area (Å²) >= 11 is 12.2. The maximum absolute atomic E-state index is 12.8. The summed E-state index contributed by atoms with van der Waals surface area (Å²) in [6.45, 7) is 5.12. The minimum absolute atomic E-state index is 0.0757. The fraction of sp³-hybridized carbons (Fsp3) is 0.391. The van der Waals surface area contributed by atoms with Crippen LogP contribution in [0.25, 0.3) is 0 Å². The van der Waals surface area contributed by atoms with Crippen molar-refractivity contribution in [3.05, 3.63) is 64.1 Å². The van der Waals surface area contributed by atoms with Crippen LogP contribution in [0.3, 0.4) is 0 Å². The van der Waals surface area contributed by atoms with Gasteiger partial charge in [-0.2, -0.15) is 0 Å². The smallest absolute Gasteiger partial charge is 0.315 e. The Labute approximate surface area is 187 Å². The lowest BCUT2D eigenvalue weighted by molar-refractivity contribution is -0.149. The van der Waals surface area contributed by atoms with Gasteiger partial charge in [-0.15, -0.1) is 0 Å². The Bertz CT molecular complexity index is 871. The van der Waals surface area contributed by atoms with Crippen molar-refractivity contribution in [1.29, 1.82) is 0 Å². The standard InChI is InChI=1S/C23H26Cl2N2O3/c1-3-19-14-26(22(28)13-23(29)30-4-2)15-21(16-5-7-17(24)8-6-16)27(19)20-11-9-18(25)10-12-20/h5-12,19,21H,3-4,13-15H2,1-2H3/t19-,21-/m0/s1. The van der Waals surface area contributed by atoms with E-state index in [1.807, 2.05) is 48.5 Å². The molecule has 160 valence electrons. The number of benzene rings is 2. The van der Waals surface area contributed by atoms with Gasteiger partial charge in [-0.25, -0.2) is 0 Å². The number of nitrogens with zero attached hydrogens (tertiary/aromatic N) is 2. The van der Waals surface area contributed by atoms with E-state index in [-0.39, 0.29) is 31.0 Å². The topological polar surface area (TPSA) is 49.9 Å². The van der Waals surface area contributed by atoms with Crippen LogP contribution in [0.2, 0.25) is 10.0 Å². The summed E-state index contributed by atoms with van der Waals surface area (Å²) in [5.41, 5.74) is 2.10. The Morgan fingerprint density at radius 1 is 0.967 bits per heavy atom. The SMILES string of the molecule is CCOC(=O)CC(=O)N1C[C@H](CC)N(c2ccc(Cl)cc2)[C@H](c2ccc(Cl)cc2)C1. The normalized spacial score (nSPS) is 18.9. The molecule has 1 amide bonds. The zero-order valence-electron chi connectivity index (χ0n) is 17.2. The van der Waals surface area contributed by atoms with Crippen molar-refractivity contribution in [2.45, 2.75) is 38.8 Å². The Hall–Kier alpha value is -2.24. The second-order valence-corrected chi connectivity index (χ2v) is 8.17. The number of hydrogen-bond donors (Lipinski definition) is 0. The van der Waals surface area contributed by atoms with Gasteiger partial charge in [0.15, 0.2) is 0 Å². The van der Waals surface area contributed by atoms with E-state index in [0.29, 0.717) is 23.1 Å². The first-order chi connectivity index (χ1) is 14.4. The first-order valence-electron chi connectivity index (χ1n) is 10.2. The van der Waals surface area contributed by atoms with E-state index in [0.717, 1.165) is 17.7 Å². The number of ether oxygens (including phenoxy) is 1. The van der Waals surface area contributed by atoms with E-state index in [4.69, 9.17) is 27.9 Å². The van der Waals surface area contributed by atoms with E-state index in [9.17, 15) is 9.59 Å². The third-order valence-corrected chi connectivity index (χ3v) is 5.86. The molecule has 7 heteroatoms. The molecule has 2 aromatic carbocycles. The maximum atomic E-state index is 12.8. The van der Waals surface area contributed by atoms with Gasteiger partial charge in [0.1, 0.15) is 6.42 Å². The minimum Gasteiger partial charge on any atom is -0.466 e. The van der Waals surface area contributed by atoms with Crippen molar-refractivity contribution in [1.82, 2.24) is 4.90 Å². The molecule has 2 aromatic rings. The predicted octanol–water partition coefficient (Wildman–Crippen LogP) is 5.12. The van der Waals surface area contributed by atoms with Gasteiger partial charge in [0.05, 0.1) is 12.6 Å². The number of piperazine rings is 1. The summed E-state index contributed by atoms with van der Waals surface area (Å²) in [6, 6.07) is 15.5. The minimum atomic E-state index is -0.487. The molecule has 3 rings (SSSR count). The van der Waals surface area contributed by atoms with Gasteiger partial charge in [-0.05, 0) is 55.3 Å². The van der Waals surface area contributed by atoms with Gasteiger partial charge in [-0.1, -0.05) is 42.3 Å². The van der Waals surface area contributed by atoms with E-state index in [1.165, 1.54) is 0 Å². The Kier molecular flexibility index (Phi) is 7.62. The average molecular weight is 449 g/mol. The molecular weight excluding hydrogens is 423 g/mol. The van der Waals surface area contributed by atoms with Crippen LogP contribution in [0.4, 0.5) is 5.69 Å². The summed E-state index contributed by atoms with van der Waals surface area (Å²) in [4.78, 5) is 28.8. The molecule has 0 bridgehead atoms. The molecule has 0 radical (unpaired) electrons. The molecule has 0 aromatic heterocycles. The van der Waals surface area contributed by atoms with E-state index in [1.54, 1.807) is 11.8 Å². The Morgan fingerprint density at radius 3 is 2.13 bits per heavy atom. The van der Waals surface area contributed by atoms with Crippen LogP contribution in [0.15, 0.2) is 48.5 Å². The molecule has 1 heterocycles. The summed E-state index contributed by atoms with van der Waals surface area (Å²) in [5.74, 6) is -0.694. The number of carbonyl (C=O) groups is 2. The molecule has 0 saturated carbocycles. The van der Waals surface area contributed by atoms with Crippen molar-refractivity contribution >= 4 is 40.8 Å². The molecule has 0 spiro atoms. The largest absolute Gasteiger partial charge is 0.466 e. The van der Waals surface area contributed by atoms with Crippen LogP contribution in [-0.4, -0.2) is 42.5 Å². The van der Waals surface area contributed by atoms with Crippen molar-refractivity contribution in [3.63, 3.8) is 0 Å². The molecule has 30 heavy (non-hydrogen) atoms. The number of amides is 1. The van der Waals surface area contributed by atoms with Crippen LogP contribution in [0.5, 0.6) is 0 Å². The molecule has 5 nitrogen and oxygen atoms in total. The number of carbonyl (C=O) groups excluding carboxylic acids is 2. The van der Waals surface area contributed by atoms with Gasteiger partial charge in [0.2, 0.25) is 5.91 Å². The first-order valence-corrected chi connectivity index (χ1v) is 10.9. The highest BCUT2D eigenvalue weighted by Gasteiger charge is 2.37. The highest BCUT2D eigenvalue weighted by molar-refractivity contribution is 6.30. The quantitative estimate of drug-likeness (QED) is 0.454. The van der Waals surface area contributed by atoms with Crippen molar-refractivity contribution in [2.75, 3.05) is 24.6 Å². The van der Waals surface area contributed by atoms with Crippen LogP contribution in [0, 0.1) is 0 Å². The second-order valence-electron chi connectivity index (χ2n) is 7.29. The number of halogens is 2. The van der Waals surface area contributed by atoms with Crippen LogP contribution < -0.4 is 4.90 Å². The highest BCUT2D eigenvalue weighted by atomic mass is 35.5. The Balaban J connectivity index is 1.93. The second kappa shape index (κ2) is 10.2. The summed E-state index contributed by atoms with van der Waals surface area (Å²) in [7, 11) is 0. The fourth-order valence-electron chi connectivity index (χ4n) is 3.90. The molecule has 0 aliphatic carbocycles. The van der Waals surface area contributed by atoms with Crippen LogP contribution in [0.1, 0.15) is 38.3 Å². The molecule has 1 aliphatic rings. The highest BCUT2D eigenvalue weighted by Crippen LogP contribution is 2.36. The van der Waals surface area contributed by atoms with Gasteiger partial charge in [-0.3, -0.25) is 9.59 Å². The first kappa shape index (κ1) is 22.4. The molecule has 1 saturated heterocycles. The number of anilines is 1. The number of rotatable bonds is 6. The summed E-state index contributed by atoms with van der Waals surface area (Å²) < 4.78 is 4.96. The summed E-state index contributed by atoms with van der Waals surface area (Å²) in [5, 5.41) is 1.34. The van der Waals surface area contributed by atoms with Crippen molar-refractivity contribution in [2.24, 2.45) is 0 Å². The number of hydrogen-bond acceptors (Lipinski definition) is 4. The number of esters is 1. The van der Waals surface area contributed by atoms with Gasteiger partial charge >= 0.3 is 5.97 Å². The van der Waals surface area contributed by atoms with Crippen LogP contribution in [-0.2, 0) is 14.3 Å². The van der Waals surface area contributed by atoms with Crippen LogP contribution >= 0.6 is 23.2 Å². The summed E-state index contributed by atoms with van der Waals surface area (Å²) in [6.07, 6.45) is 0.606. The average Bonchev–Trinajstić information content (AvgIpc) is 2.74. The molecule has 0 N–H and O–H groups in total. The third-order valence-electron chi connectivity index (χ3n) is 5.36. The lowest BCUT2D eigenvalue weighted by Crippen LogP contribution is -2.56. The molecule has 0 unspecified atom stereocenters. The Morgan fingerprint density at radius 2 is 1.57 bits per heavy atom. The molecule has 1 aliphatic heterocycles. The van der Waals surface area contributed by atoms with E-state index < -0.39 is 5.97 Å². The lowest BCUT2D eigenvalue weighted by Gasteiger charge is -2.48. The zero-order chi connectivity index (χ0) is 21.7. The molecule has 2 atom stereocenters. The molecule has 1 fully saturated rings. The monoisotopic (exact) mass is 448 g/mol. The lowest BCUT2D eigenvalue weighted by atomic mass is 9.96. The fourth-order valence-corrected chi connectivity index (χ4v) is 4.15. The maximum Gasteiger partial charge on any atom is 0.315 e. The van der Waals surface area contributed by atoms with Gasteiger partial charge < -0.3 is 14.5 Å². The van der Waals surface area contributed by atoms with Crippen molar-refractivity contribution in [3.8, 4) is 0 Å². The van der Waals surface area contributed by atoms with E-state index >= 15 is 0 Å². The van der Waals surface area contributed by atoms with E-state index in [2.05, 4.69) is 11.8 Å². The molecular formula is C23H26Cl2N2O3. The van der Waals surface area contributed by atoms with Gasteiger partial charge in [0, 0.05) is 34.9 Å². The predicted molar refractivity (Wildman–Crippen MR) is 120 cm³/mol. The van der Waals surface area contributed by atoms with Gasteiger partial charge in [0.25, 0.3) is 0 Å². The van der Waals surface area contributed by atoms with Crippen molar-refractivity contribution < 1.29 is 14.3 Å².